The standard InChI is InChI=1S/C4H10Br2Ge/c1-3-7(5,6)4-2/h3-4H2,1-2H3. The third-order valence-electron chi connectivity index (χ3n) is 1.03. The van der Waals surface area contributed by atoms with E-state index in [-0.39, 0.29) is 0 Å². The van der Waals surface area contributed by atoms with Gasteiger partial charge in [0.2, 0.25) is 0 Å². The Kier molecular flexibility index (Phi) is 4.27. The third kappa shape index (κ3) is 4.04. The second-order valence-electron chi connectivity index (χ2n) is 1.56. The molecule has 0 unspecified atom stereocenters. The van der Waals surface area contributed by atoms with Crippen molar-refractivity contribution in [2.75, 3.05) is 0 Å². The molecule has 0 saturated carbocycles. The van der Waals surface area contributed by atoms with Crippen LogP contribution < -0.4 is 0 Å². The maximum atomic E-state index is 3.68. The Morgan fingerprint density at radius 1 is 1.14 bits per heavy atom. The molecule has 0 aromatic rings. The molecule has 0 radical (unpaired) electrons. The van der Waals surface area contributed by atoms with E-state index in [0.29, 0.717) is 0 Å². The molecule has 0 atom stereocenters. The fourth-order valence-corrected chi connectivity index (χ4v) is 1.30. The molecule has 0 aromatic carbocycles. The van der Waals surface area contributed by atoms with Gasteiger partial charge in [-0.3, -0.25) is 0 Å². The van der Waals surface area contributed by atoms with Crippen LogP contribution in [-0.2, 0) is 0 Å². The summed E-state index contributed by atoms with van der Waals surface area (Å²) >= 11 is 7.37. The van der Waals surface area contributed by atoms with Crippen molar-refractivity contribution in [1.29, 1.82) is 0 Å². The van der Waals surface area contributed by atoms with Gasteiger partial charge in [-0.25, -0.2) is 0 Å². The summed E-state index contributed by atoms with van der Waals surface area (Å²) in [5.74, 6) is 0. The van der Waals surface area contributed by atoms with Crippen molar-refractivity contribution < 1.29 is 0 Å². The van der Waals surface area contributed by atoms with Crippen LogP contribution in [0.2, 0.25) is 10.5 Å². The summed E-state index contributed by atoms with van der Waals surface area (Å²) in [5, 5.41) is 2.63. The quantitative estimate of drug-likeness (QED) is 0.685. The first kappa shape index (κ1) is 8.50. The van der Waals surface area contributed by atoms with E-state index >= 15 is 0 Å². The Morgan fingerprint density at radius 3 is 1.43 bits per heavy atom. The Hall–Kier alpha value is 1.50. The van der Waals surface area contributed by atoms with Gasteiger partial charge in [0.25, 0.3) is 0 Å². The van der Waals surface area contributed by atoms with Gasteiger partial charge in [0.05, 0.1) is 0 Å². The second-order valence-corrected chi connectivity index (χ2v) is 29.4. The first-order chi connectivity index (χ1) is 3.12. The van der Waals surface area contributed by atoms with Crippen LogP contribution in [0.1, 0.15) is 13.8 Å². The van der Waals surface area contributed by atoms with Gasteiger partial charge in [-0.15, -0.1) is 0 Å². The molecule has 3 heteroatoms. The van der Waals surface area contributed by atoms with Crippen LogP contribution in [0.5, 0.6) is 0 Å². The Bertz CT molecular complexity index is 47.7. The van der Waals surface area contributed by atoms with Crippen molar-refractivity contribution in [2.45, 2.75) is 24.4 Å². The summed E-state index contributed by atoms with van der Waals surface area (Å²) in [6, 6.07) is 0. The van der Waals surface area contributed by atoms with Crippen LogP contribution in [0.3, 0.4) is 0 Å². The molecule has 0 heterocycles. The van der Waals surface area contributed by atoms with E-state index in [1.807, 2.05) is 0 Å². The molecule has 0 fully saturated rings. The molecule has 0 aliphatic rings. The number of rotatable bonds is 2. The molecule has 0 N–H and O–H groups in total. The van der Waals surface area contributed by atoms with Gasteiger partial charge in [0.1, 0.15) is 0 Å². The Balaban J connectivity index is 3.36. The van der Waals surface area contributed by atoms with Crippen molar-refractivity contribution in [2.24, 2.45) is 0 Å². The van der Waals surface area contributed by atoms with E-state index in [1.165, 1.54) is 10.5 Å². The average molecular weight is 291 g/mol. The molecule has 0 aliphatic heterocycles. The molecule has 0 aliphatic carbocycles. The van der Waals surface area contributed by atoms with Gasteiger partial charge in [-0.1, -0.05) is 0 Å². The first-order valence-electron chi connectivity index (χ1n) is 2.50. The Morgan fingerprint density at radius 2 is 1.43 bits per heavy atom. The predicted molar refractivity (Wildman–Crippen MR) is 44.6 cm³/mol. The van der Waals surface area contributed by atoms with Gasteiger partial charge in [-0.05, 0) is 0 Å². The average Bonchev–Trinajstić information content (AvgIpc) is 1.68. The van der Waals surface area contributed by atoms with Crippen molar-refractivity contribution >= 4 is 37.6 Å². The fraction of sp³-hybridized carbons (Fsp3) is 1.00. The summed E-state index contributed by atoms with van der Waals surface area (Å²) in [6.45, 7) is 4.46. The van der Waals surface area contributed by atoms with Crippen LogP contribution in [0.4, 0.5) is 0 Å². The molecule has 7 heavy (non-hydrogen) atoms. The van der Waals surface area contributed by atoms with Crippen LogP contribution in [0.25, 0.3) is 0 Å². The molecule has 44 valence electrons. The zero-order valence-electron chi connectivity index (χ0n) is 4.67. The molecule has 0 spiro atoms. The van der Waals surface area contributed by atoms with E-state index in [9.17, 15) is 0 Å². The normalized spacial score (nSPS) is 12.0. The summed E-state index contributed by atoms with van der Waals surface area (Å²) in [6.07, 6.45) is 0. The topological polar surface area (TPSA) is 0 Å². The van der Waals surface area contributed by atoms with Crippen molar-refractivity contribution in [3.63, 3.8) is 0 Å². The molecular weight excluding hydrogens is 280 g/mol. The van der Waals surface area contributed by atoms with Crippen molar-refractivity contribution in [1.82, 2.24) is 0 Å². The third-order valence-corrected chi connectivity index (χ3v) is 17.0. The minimum absolute atomic E-state index is 1.32. The van der Waals surface area contributed by atoms with E-state index in [4.69, 9.17) is 0 Å². The zero-order valence-corrected chi connectivity index (χ0v) is 9.94. The maximum absolute atomic E-state index is 3.68. The monoisotopic (exact) mass is 290 g/mol. The molecule has 0 rings (SSSR count). The van der Waals surface area contributed by atoms with E-state index in [2.05, 4.69) is 41.9 Å². The van der Waals surface area contributed by atoms with E-state index in [0.717, 1.165) is 0 Å². The molecule has 0 aromatic heterocycles. The molecule has 0 amide bonds. The zero-order chi connectivity index (χ0) is 5.91. The molecule has 0 saturated heterocycles. The van der Waals surface area contributed by atoms with Crippen LogP contribution >= 0.6 is 28.0 Å². The van der Waals surface area contributed by atoms with Crippen LogP contribution in [0.15, 0.2) is 0 Å². The first-order valence-corrected chi connectivity index (χ1v) is 15.3. The predicted octanol–water partition coefficient (Wildman–Crippen LogP) is 3.26. The summed E-state index contributed by atoms with van der Waals surface area (Å²) in [5.41, 5.74) is 0. The number of hydrogen-bond donors (Lipinski definition) is 0. The summed E-state index contributed by atoms with van der Waals surface area (Å²) in [7, 11) is -1.46. The van der Waals surface area contributed by atoms with Gasteiger partial charge in [0, 0.05) is 0 Å². The van der Waals surface area contributed by atoms with Gasteiger partial charge in [0.15, 0.2) is 0 Å². The fourth-order valence-electron chi connectivity index (χ4n) is 0.250. The molecular formula is C4H10Br2Ge. The van der Waals surface area contributed by atoms with Gasteiger partial charge < -0.3 is 0 Å². The van der Waals surface area contributed by atoms with Crippen LogP contribution in [-0.4, -0.2) is 9.58 Å². The number of halogens is 2. The summed E-state index contributed by atoms with van der Waals surface area (Å²) in [4.78, 5) is 0. The van der Waals surface area contributed by atoms with Crippen LogP contribution in [0, 0.1) is 0 Å². The van der Waals surface area contributed by atoms with Gasteiger partial charge in [-0.2, -0.15) is 0 Å². The number of hydrogen-bond acceptors (Lipinski definition) is 0. The summed E-state index contributed by atoms with van der Waals surface area (Å²) < 4.78 is 0. The van der Waals surface area contributed by atoms with E-state index < -0.39 is 9.58 Å². The second kappa shape index (κ2) is 3.51. The Labute approximate surface area is 61.7 Å². The molecule has 0 bridgehead atoms. The van der Waals surface area contributed by atoms with Crippen molar-refractivity contribution in [3.05, 3.63) is 0 Å². The van der Waals surface area contributed by atoms with E-state index in [1.54, 1.807) is 0 Å². The van der Waals surface area contributed by atoms with Crippen molar-refractivity contribution in [3.8, 4) is 0 Å². The SMILES string of the molecule is C[CH2][Ge]([Br])([Br])[CH2]C. The molecule has 0 nitrogen and oxygen atoms in total. The minimum atomic E-state index is -1.46. The van der Waals surface area contributed by atoms with Gasteiger partial charge >= 0.3 is 61.9 Å².